The van der Waals surface area contributed by atoms with Crippen LogP contribution in [0.25, 0.3) is 0 Å². The van der Waals surface area contributed by atoms with Crippen molar-refractivity contribution < 1.29 is 31.5 Å². The molecule has 1 heterocycles. The van der Waals surface area contributed by atoms with Crippen LogP contribution in [0.1, 0.15) is 22.3 Å². The average molecular weight is 486 g/mol. The van der Waals surface area contributed by atoms with E-state index < -0.39 is 45.8 Å². The predicted octanol–water partition coefficient (Wildman–Crippen LogP) is 3.90. The van der Waals surface area contributed by atoms with E-state index in [2.05, 4.69) is 0 Å². The lowest BCUT2D eigenvalue weighted by Crippen LogP contribution is -2.35. The molecule has 0 atom stereocenters. The van der Waals surface area contributed by atoms with E-state index in [4.69, 9.17) is 4.74 Å². The topological polar surface area (TPSA) is 92.8 Å². The number of halogens is 2. The molecular formula is C24H20F2N2O5S. The van der Waals surface area contributed by atoms with Crippen LogP contribution in [0, 0.1) is 11.6 Å². The Hall–Kier alpha value is -3.79. The number of hydrogen-bond acceptors (Lipinski definition) is 5. The first-order chi connectivity index (χ1) is 16.3. The number of amides is 1. The summed E-state index contributed by atoms with van der Waals surface area (Å²) in [7, 11) is -3.95. The van der Waals surface area contributed by atoms with Gasteiger partial charge in [0.25, 0.3) is 15.9 Å². The second-order valence-electron chi connectivity index (χ2n) is 7.56. The molecule has 0 fully saturated rings. The van der Waals surface area contributed by atoms with Crippen molar-refractivity contribution in [3.05, 3.63) is 89.5 Å². The Kier molecular flexibility index (Phi) is 6.60. The first-order valence-electron chi connectivity index (χ1n) is 10.4. The summed E-state index contributed by atoms with van der Waals surface area (Å²) in [6.45, 7) is -0.510. The van der Waals surface area contributed by atoms with Crippen molar-refractivity contribution in [2.24, 2.45) is 0 Å². The quantitative estimate of drug-likeness (QED) is 0.534. The van der Waals surface area contributed by atoms with Crippen LogP contribution >= 0.6 is 0 Å². The van der Waals surface area contributed by atoms with Gasteiger partial charge in [0.15, 0.2) is 6.61 Å². The number of carbonyl (C=O) groups excluding carboxylic acids is 2. The van der Waals surface area contributed by atoms with E-state index in [-0.39, 0.29) is 10.5 Å². The summed E-state index contributed by atoms with van der Waals surface area (Å²) < 4.78 is 60.1. The second-order valence-corrected chi connectivity index (χ2v) is 9.42. The number of hydrogen-bond donors (Lipinski definition) is 1. The average Bonchev–Trinajstić information content (AvgIpc) is 2.84. The number of benzene rings is 3. The summed E-state index contributed by atoms with van der Waals surface area (Å²) in [6, 6.07) is 15.6. The summed E-state index contributed by atoms with van der Waals surface area (Å²) in [5.41, 5.74) is 0.777. The molecule has 1 amide bonds. The number of nitrogens with one attached hydrogen (secondary N) is 1. The maximum Gasteiger partial charge on any atom is 0.338 e. The number of fused-ring (bicyclic) bond motifs is 1. The molecule has 0 aliphatic carbocycles. The molecule has 1 aliphatic rings. The standard InChI is InChI=1S/C24H20F2N2O5S/c25-19-10-4-11-20(26)23(19)27-22(29)15-33-24(30)17-7-3-9-18(14-17)34(31,32)28-13-5-8-16-6-1-2-12-21(16)28/h1-4,6-7,9-12,14H,5,8,13,15H2,(H,27,29). The van der Waals surface area contributed by atoms with Gasteiger partial charge in [-0.1, -0.05) is 30.3 Å². The van der Waals surface area contributed by atoms with Crippen LogP contribution in [-0.4, -0.2) is 33.4 Å². The van der Waals surface area contributed by atoms with Crippen LogP contribution in [0.15, 0.2) is 71.6 Å². The van der Waals surface area contributed by atoms with E-state index in [1.54, 1.807) is 12.1 Å². The molecule has 1 N–H and O–H groups in total. The summed E-state index contributed by atoms with van der Waals surface area (Å²) in [5.74, 6) is -3.86. The third kappa shape index (κ3) is 4.76. The molecule has 0 saturated carbocycles. The van der Waals surface area contributed by atoms with Crippen molar-refractivity contribution in [2.75, 3.05) is 22.8 Å². The van der Waals surface area contributed by atoms with Crippen LogP contribution in [0.5, 0.6) is 0 Å². The number of para-hydroxylation sites is 2. The van der Waals surface area contributed by atoms with Crippen LogP contribution in [0.2, 0.25) is 0 Å². The van der Waals surface area contributed by atoms with Gasteiger partial charge in [-0.2, -0.15) is 0 Å². The summed E-state index contributed by atoms with van der Waals surface area (Å²) in [4.78, 5) is 24.3. The minimum Gasteiger partial charge on any atom is -0.452 e. The third-order valence-electron chi connectivity index (χ3n) is 5.29. The summed E-state index contributed by atoms with van der Waals surface area (Å²) in [6.07, 6.45) is 1.43. The molecule has 10 heteroatoms. The molecule has 1 aliphatic heterocycles. The molecular weight excluding hydrogens is 466 g/mol. The normalized spacial score (nSPS) is 13.2. The van der Waals surface area contributed by atoms with E-state index in [1.807, 2.05) is 17.4 Å². The van der Waals surface area contributed by atoms with E-state index in [9.17, 15) is 26.8 Å². The zero-order chi connectivity index (χ0) is 24.3. The Morgan fingerprint density at radius 2 is 1.68 bits per heavy atom. The number of carbonyl (C=O) groups is 2. The van der Waals surface area contributed by atoms with Gasteiger partial charge >= 0.3 is 5.97 Å². The lowest BCUT2D eigenvalue weighted by Gasteiger charge is -2.30. The van der Waals surface area contributed by atoms with Crippen molar-refractivity contribution >= 4 is 33.3 Å². The number of ether oxygens (including phenoxy) is 1. The largest absolute Gasteiger partial charge is 0.452 e. The van der Waals surface area contributed by atoms with Gasteiger partial charge in [0, 0.05) is 6.54 Å². The fourth-order valence-corrected chi connectivity index (χ4v) is 5.25. The maximum absolute atomic E-state index is 13.7. The van der Waals surface area contributed by atoms with Gasteiger partial charge in [-0.25, -0.2) is 22.0 Å². The molecule has 0 spiro atoms. The molecule has 3 aromatic carbocycles. The second kappa shape index (κ2) is 9.60. The van der Waals surface area contributed by atoms with Gasteiger partial charge in [0.05, 0.1) is 16.1 Å². The first kappa shape index (κ1) is 23.4. The van der Waals surface area contributed by atoms with Crippen molar-refractivity contribution in [1.29, 1.82) is 0 Å². The van der Waals surface area contributed by atoms with E-state index in [0.29, 0.717) is 18.7 Å². The van der Waals surface area contributed by atoms with Crippen molar-refractivity contribution in [1.82, 2.24) is 0 Å². The molecule has 0 radical (unpaired) electrons. The van der Waals surface area contributed by atoms with Crippen molar-refractivity contribution in [2.45, 2.75) is 17.7 Å². The minimum absolute atomic E-state index is 0.0868. The summed E-state index contributed by atoms with van der Waals surface area (Å²) in [5, 5.41) is 2.00. The fourth-order valence-electron chi connectivity index (χ4n) is 3.67. The Morgan fingerprint density at radius 1 is 0.971 bits per heavy atom. The highest BCUT2D eigenvalue weighted by atomic mass is 32.2. The highest BCUT2D eigenvalue weighted by molar-refractivity contribution is 7.92. The minimum atomic E-state index is -3.95. The molecule has 4 rings (SSSR count). The Labute approximate surface area is 195 Å². The van der Waals surface area contributed by atoms with Crippen LogP contribution in [0.3, 0.4) is 0 Å². The Morgan fingerprint density at radius 3 is 2.44 bits per heavy atom. The van der Waals surface area contributed by atoms with E-state index >= 15 is 0 Å². The lowest BCUT2D eigenvalue weighted by atomic mass is 10.0. The molecule has 0 saturated heterocycles. The van der Waals surface area contributed by atoms with E-state index in [0.717, 1.165) is 30.2 Å². The van der Waals surface area contributed by atoms with Gasteiger partial charge in [-0.05, 0) is 54.8 Å². The van der Waals surface area contributed by atoms with E-state index in [1.165, 1.54) is 28.6 Å². The maximum atomic E-state index is 13.7. The first-order valence-corrected chi connectivity index (χ1v) is 11.8. The van der Waals surface area contributed by atoms with Gasteiger partial charge in [0.2, 0.25) is 0 Å². The lowest BCUT2D eigenvalue weighted by molar-refractivity contribution is -0.119. The number of aryl methyl sites for hydroxylation is 1. The SMILES string of the molecule is O=C(COC(=O)c1cccc(S(=O)(=O)N2CCCc3ccccc32)c1)Nc1c(F)cccc1F. The smallest absolute Gasteiger partial charge is 0.338 e. The molecule has 7 nitrogen and oxygen atoms in total. The van der Waals surface area contributed by atoms with Crippen LogP contribution < -0.4 is 9.62 Å². The highest BCUT2D eigenvalue weighted by Crippen LogP contribution is 2.32. The number of nitrogens with zero attached hydrogens (tertiary/aromatic N) is 1. The molecule has 176 valence electrons. The molecule has 3 aromatic rings. The van der Waals surface area contributed by atoms with Gasteiger partial charge in [0.1, 0.15) is 17.3 Å². The molecule has 34 heavy (non-hydrogen) atoms. The zero-order valence-corrected chi connectivity index (χ0v) is 18.6. The molecule has 0 bridgehead atoms. The molecule has 0 unspecified atom stereocenters. The summed E-state index contributed by atoms with van der Waals surface area (Å²) >= 11 is 0. The van der Waals surface area contributed by atoms with Gasteiger partial charge < -0.3 is 10.1 Å². The van der Waals surface area contributed by atoms with Crippen LogP contribution in [0.4, 0.5) is 20.2 Å². The Bertz CT molecular complexity index is 1340. The molecule has 0 aromatic heterocycles. The monoisotopic (exact) mass is 486 g/mol. The fraction of sp³-hybridized carbons (Fsp3) is 0.167. The Balaban J connectivity index is 1.47. The predicted molar refractivity (Wildman–Crippen MR) is 121 cm³/mol. The van der Waals surface area contributed by atoms with Gasteiger partial charge in [-0.15, -0.1) is 0 Å². The highest BCUT2D eigenvalue weighted by Gasteiger charge is 2.29. The third-order valence-corrected chi connectivity index (χ3v) is 7.10. The number of sulfonamides is 1. The number of rotatable bonds is 6. The van der Waals surface area contributed by atoms with Crippen molar-refractivity contribution in [3.63, 3.8) is 0 Å². The number of anilines is 2. The van der Waals surface area contributed by atoms with Crippen LogP contribution in [-0.2, 0) is 26.0 Å². The zero-order valence-electron chi connectivity index (χ0n) is 17.8. The number of esters is 1. The van der Waals surface area contributed by atoms with Gasteiger partial charge in [-0.3, -0.25) is 9.10 Å². The van der Waals surface area contributed by atoms with Crippen molar-refractivity contribution in [3.8, 4) is 0 Å².